The molecule has 0 unspecified atom stereocenters. The molecular formula is C9H12Cl2N2. The first kappa shape index (κ1) is 10.8. The van der Waals surface area contributed by atoms with Crippen LogP contribution in [0.25, 0.3) is 0 Å². The summed E-state index contributed by atoms with van der Waals surface area (Å²) >= 11 is 11.2. The van der Waals surface area contributed by atoms with Crippen LogP contribution in [-0.4, -0.2) is 12.4 Å². The number of alkyl halides is 1. The summed E-state index contributed by atoms with van der Waals surface area (Å²) in [6.07, 6.45) is 0. The molecule has 0 amide bonds. The van der Waals surface area contributed by atoms with Gasteiger partial charge < -0.3 is 0 Å². The maximum atomic E-state index is 5.74. The van der Waals surface area contributed by atoms with Crippen molar-refractivity contribution in [3.05, 3.63) is 34.9 Å². The largest absolute Gasteiger partial charge is 0.256 e. The van der Waals surface area contributed by atoms with E-state index in [0.29, 0.717) is 5.88 Å². The topological polar surface area (TPSA) is 24.1 Å². The quantitative estimate of drug-likeness (QED) is 0.450. The lowest BCUT2D eigenvalue weighted by atomic mass is 10.2. The highest BCUT2D eigenvalue weighted by Crippen LogP contribution is 2.08. The van der Waals surface area contributed by atoms with Gasteiger partial charge in [0.2, 0.25) is 0 Å². The van der Waals surface area contributed by atoms with Crippen LogP contribution in [0.2, 0.25) is 5.02 Å². The van der Waals surface area contributed by atoms with Gasteiger partial charge in [0.25, 0.3) is 0 Å². The Kier molecular flexibility index (Phi) is 5.16. The second kappa shape index (κ2) is 6.22. The van der Waals surface area contributed by atoms with E-state index in [-0.39, 0.29) is 0 Å². The SMILES string of the molecule is ClCCNNCc1ccc(Cl)cc1. The van der Waals surface area contributed by atoms with Crippen LogP contribution in [0.3, 0.4) is 0 Å². The van der Waals surface area contributed by atoms with Crippen LogP contribution < -0.4 is 10.9 Å². The summed E-state index contributed by atoms with van der Waals surface area (Å²) < 4.78 is 0. The fourth-order valence-corrected chi connectivity index (χ4v) is 1.12. The lowest BCUT2D eigenvalue weighted by Crippen LogP contribution is -2.32. The van der Waals surface area contributed by atoms with Gasteiger partial charge in [0.1, 0.15) is 0 Å². The molecule has 2 N–H and O–H groups in total. The number of benzene rings is 1. The standard InChI is InChI=1S/C9H12Cl2N2/c10-5-6-12-13-7-8-1-3-9(11)4-2-8/h1-4,12-13H,5-7H2. The smallest absolute Gasteiger partial charge is 0.0406 e. The third kappa shape index (κ3) is 4.48. The molecule has 0 aromatic heterocycles. The van der Waals surface area contributed by atoms with Crippen molar-refractivity contribution < 1.29 is 0 Å². The minimum absolute atomic E-state index is 0.605. The normalized spacial score (nSPS) is 10.3. The van der Waals surface area contributed by atoms with Gasteiger partial charge in [-0.15, -0.1) is 11.6 Å². The molecule has 0 atom stereocenters. The van der Waals surface area contributed by atoms with Crippen molar-refractivity contribution in [1.82, 2.24) is 10.9 Å². The zero-order chi connectivity index (χ0) is 9.52. The minimum Gasteiger partial charge on any atom is -0.256 e. The monoisotopic (exact) mass is 218 g/mol. The Balaban J connectivity index is 2.25. The highest BCUT2D eigenvalue weighted by Gasteiger charge is 1.91. The zero-order valence-corrected chi connectivity index (χ0v) is 8.70. The summed E-state index contributed by atoms with van der Waals surface area (Å²) in [5.74, 6) is 0.605. The van der Waals surface area contributed by atoms with E-state index in [1.54, 1.807) is 0 Å². The summed E-state index contributed by atoms with van der Waals surface area (Å²) in [6, 6.07) is 7.72. The van der Waals surface area contributed by atoms with Gasteiger partial charge in [-0.25, -0.2) is 0 Å². The number of hydrogen-bond acceptors (Lipinski definition) is 2. The summed E-state index contributed by atoms with van der Waals surface area (Å²) in [5, 5.41) is 0.762. The third-order valence-corrected chi connectivity index (χ3v) is 1.99. The lowest BCUT2D eigenvalue weighted by molar-refractivity contribution is 0.552. The Hall–Kier alpha value is -0.280. The highest BCUT2D eigenvalue weighted by atomic mass is 35.5. The Morgan fingerprint density at radius 1 is 1.08 bits per heavy atom. The van der Waals surface area contributed by atoms with Crippen molar-refractivity contribution in [2.45, 2.75) is 6.54 Å². The van der Waals surface area contributed by atoms with Gasteiger partial charge in [0.15, 0.2) is 0 Å². The first-order valence-electron chi connectivity index (χ1n) is 4.09. The lowest BCUT2D eigenvalue weighted by Gasteiger charge is -2.04. The fourth-order valence-electron chi connectivity index (χ4n) is 0.902. The molecule has 2 nitrogen and oxygen atoms in total. The van der Waals surface area contributed by atoms with Gasteiger partial charge in [0.05, 0.1) is 0 Å². The van der Waals surface area contributed by atoms with E-state index in [4.69, 9.17) is 23.2 Å². The second-order valence-electron chi connectivity index (χ2n) is 2.60. The van der Waals surface area contributed by atoms with Crippen LogP contribution in [-0.2, 0) is 6.54 Å². The summed E-state index contributed by atoms with van der Waals surface area (Å²) in [6.45, 7) is 1.53. The Morgan fingerprint density at radius 3 is 2.38 bits per heavy atom. The Labute approximate surface area is 88.2 Å². The molecule has 0 bridgehead atoms. The molecule has 0 saturated carbocycles. The molecule has 0 aliphatic carbocycles. The van der Waals surface area contributed by atoms with E-state index in [2.05, 4.69) is 10.9 Å². The first-order chi connectivity index (χ1) is 6.33. The van der Waals surface area contributed by atoms with Gasteiger partial charge in [-0.2, -0.15) is 0 Å². The van der Waals surface area contributed by atoms with E-state index in [1.165, 1.54) is 5.56 Å². The van der Waals surface area contributed by atoms with Gasteiger partial charge in [0, 0.05) is 24.0 Å². The highest BCUT2D eigenvalue weighted by molar-refractivity contribution is 6.30. The molecule has 0 saturated heterocycles. The first-order valence-corrected chi connectivity index (χ1v) is 5.00. The van der Waals surface area contributed by atoms with Crippen LogP contribution in [0.15, 0.2) is 24.3 Å². The molecule has 1 rings (SSSR count). The minimum atomic E-state index is 0.605. The van der Waals surface area contributed by atoms with Crippen LogP contribution in [0, 0.1) is 0 Å². The number of hydrogen-bond donors (Lipinski definition) is 2. The maximum absolute atomic E-state index is 5.74. The molecule has 1 aromatic rings. The molecule has 0 radical (unpaired) electrons. The molecule has 4 heteroatoms. The summed E-state index contributed by atoms with van der Waals surface area (Å²) in [4.78, 5) is 0. The van der Waals surface area contributed by atoms with Gasteiger partial charge in [-0.1, -0.05) is 23.7 Å². The van der Waals surface area contributed by atoms with E-state index >= 15 is 0 Å². The van der Waals surface area contributed by atoms with Crippen LogP contribution in [0.1, 0.15) is 5.56 Å². The number of nitrogens with one attached hydrogen (secondary N) is 2. The third-order valence-electron chi connectivity index (χ3n) is 1.55. The van der Waals surface area contributed by atoms with Crippen molar-refractivity contribution in [2.75, 3.05) is 12.4 Å². The Bertz CT molecular complexity index is 236. The van der Waals surface area contributed by atoms with Crippen molar-refractivity contribution in [1.29, 1.82) is 0 Å². The molecule has 0 aliphatic heterocycles. The van der Waals surface area contributed by atoms with E-state index < -0.39 is 0 Å². The van der Waals surface area contributed by atoms with Crippen molar-refractivity contribution in [3.63, 3.8) is 0 Å². The molecule has 72 valence electrons. The Morgan fingerprint density at radius 2 is 1.77 bits per heavy atom. The van der Waals surface area contributed by atoms with Crippen molar-refractivity contribution >= 4 is 23.2 Å². The maximum Gasteiger partial charge on any atom is 0.0406 e. The fraction of sp³-hybridized carbons (Fsp3) is 0.333. The number of hydrazine groups is 1. The van der Waals surface area contributed by atoms with Gasteiger partial charge >= 0.3 is 0 Å². The molecule has 1 aromatic carbocycles. The van der Waals surface area contributed by atoms with Crippen LogP contribution in [0.4, 0.5) is 0 Å². The molecule has 0 aliphatic rings. The average molecular weight is 219 g/mol. The molecule has 0 spiro atoms. The van der Waals surface area contributed by atoms with Gasteiger partial charge in [-0.05, 0) is 17.7 Å². The van der Waals surface area contributed by atoms with E-state index in [0.717, 1.165) is 18.1 Å². The number of rotatable bonds is 5. The predicted molar refractivity (Wildman–Crippen MR) is 57.0 cm³/mol. The van der Waals surface area contributed by atoms with Crippen LogP contribution >= 0.6 is 23.2 Å². The zero-order valence-electron chi connectivity index (χ0n) is 7.19. The second-order valence-corrected chi connectivity index (χ2v) is 3.41. The van der Waals surface area contributed by atoms with Crippen LogP contribution in [0.5, 0.6) is 0 Å². The van der Waals surface area contributed by atoms with Crippen molar-refractivity contribution in [3.8, 4) is 0 Å². The van der Waals surface area contributed by atoms with E-state index in [1.807, 2.05) is 24.3 Å². The van der Waals surface area contributed by atoms with Gasteiger partial charge in [-0.3, -0.25) is 10.9 Å². The number of halogens is 2. The molecular weight excluding hydrogens is 207 g/mol. The predicted octanol–water partition coefficient (Wildman–Crippen LogP) is 2.17. The molecule has 13 heavy (non-hydrogen) atoms. The summed E-state index contributed by atoms with van der Waals surface area (Å²) in [5.41, 5.74) is 7.21. The average Bonchev–Trinajstić information content (AvgIpc) is 2.15. The van der Waals surface area contributed by atoms with E-state index in [9.17, 15) is 0 Å². The summed E-state index contributed by atoms with van der Waals surface area (Å²) in [7, 11) is 0. The molecule has 0 heterocycles. The molecule has 0 fully saturated rings. The van der Waals surface area contributed by atoms with Crippen molar-refractivity contribution in [2.24, 2.45) is 0 Å².